The number of thioether (sulfide) groups is 1. The van der Waals surface area contributed by atoms with Gasteiger partial charge in [0.1, 0.15) is 22.5 Å². The fourth-order valence-corrected chi connectivity index (χ4v) is 2.78. The van der Waals surface area contributed by atoms with Crippen LogP contribution in [0.3, 0.4) is 0 Å². The zero-order valence-corrected chi connectivity index (χ0v) is 13.7. The van der Waals surface area contributed by atoms with Crippen molar-refractivity contribution in [2.24, 2.45) is 0 Å². The van der Waals surface area contributed by atoms with Crippen molar-refractivity contribution in [2.75, 3.05) is 24.3 Å². The van der Waals surface area contributed by atoms with Crippen molar-refractivity contribution in [3.8, 4) is 5.88 Å². The van der Waals surface area contributed by atoms with Crippen LogP contribution in [-0.4, -0.2) is 40.3 Å². The molecule has 3 rings (SSSR count). The van der Waals surface area contributed by atoms with E-state index in [0.717, 1.165) is 0 Å². The summed E-state index contributed by atoms with van der Waals surface area (Å²) < 4.78 is 5.56. The van der Waals surface area contributed by atoms with Crippen LogP contribution in [0, 0.1) is 0 Å². The van der Waals surface area contributed by atoms with Crippen molar-refractivity contribution in [2.45, 2.75) is 5.16 Å². The third-order valence-electron chi connectivity index (χ3n) is 3.03. The Balaban J connectivity index is 2.04. The number of carbonyl (C=O) groups is 1. The van der Waals surface area contributed by atoms with E-state index in [2.05, 4.69) is 15.0 Å². The van der Waals surface area contributed by atoms with Crippen LogP contribution in [0.15, 0.2) is 23.5 Å². The Hall–Kier alpha value is -1.57. The van der Waals surface area contributed by atoms with Crippen molar-refractivity contribution >= 4 is 46.6 Å². The van der Waals surface area contributed by atoms with Crippen LogP contribution in [0.5, 0.6) is 5.88 Å². The Morgan fingerprint density at radius 1 is 1.32 bits per heavy atom. The first-order chi connectivity index (χ1) is 10.6. The van der Waals surface area contributed by atoms with E-state index >= 15 is 0 Å². The molecule has 0 unspecified atom stereocenters. The van der Waals surface area contributed by atoms with E-state index in [1.54, 1.807) is 12.1 Å². The van der Waals surface area contributed by atoms with E-state index in [0.29, 0.717) is 29.1 Å². The molecule has 1 aliphatic rings. The van der Waals surface area contributed by atoms with Gasteiger partial charge in [0.05, 0.1) is 18.4 Å². The maximum absolute atomic E-state index is 12.8. The van der Waals surface area contributed by atoms with E-state index in [1.165, 1.54) is 22.9 Å². The highest BCUT2D eigenvalue weighted by atomic mass is 35.5. The monoisotopic (exact) mass is 356 g/mol. The summed E-state index contributed by atoms with van der Waals surface area (Å²) >= 11 is 13.2. The third-order valence-corrected chi connectivity index (χ3v) is 4.07. The largest absolute Gasteiger partial charge is 0.475 e. The van der Waals surface area contributed by atoms with Gasteiger partial charge in [0.25, 0.3) is 5.91 Å². The molecule has 0 N–H and O–H groups in total. The third kappa shape index (κ3) is 2.84. The first kappa shape index (κ1) is 15.3. The summed E-state index contributed by atoms with van der Waals surface area (Å²) in [6, 6.07) is 3.33. The maximum atomic E-state index is 12.8. The molecule has 0 aliphatic carbocycles. The molecule has 0 radical (unpaired) electrons. The number of pyridine rings is 1. The molecule has 0 spiro atoms. The summed E-state index contributed by atoms with van der Waals surface area (Å²) in [5.41, 5.74) is 0.766. The molecule has 22 heavy (non-hydrogen) atoms. The average molecular weight is 357 g/mol. The summed E-state index contributed by atoms with van der Waals surface area (Å²) in [6.45, 7) is 0.645. The zero-order valence-electron chi connectivity index (χ0n) is 11.4. The average Bonchev–Trinajstić information content (AvgIpc) is 2.67. The predicted molar refractivity (Wildman–Crippen MR) is 85.2 cm³/mol. The highest BCUT2D eigenvalue weighted by molar-refractivity contribution is 7.98. The summed E-state index contributed by atoms with van der Waals surface area (Å²) in [6.07, 6.45) is 3.35. The number of hydrogen-bond acceptors (Lipinski definition) is 6. The Morgan fingerprint density at radius 3 is 2.82 bits per heavy atom. The lowest BCUT2D eigenvalue weighted by Gasteiger charge is -2.19. The fraction of sp³-hybridized carbons (Fsp3) is 0.231. The molecule has 0 saturated carbocycles. The molecule has 1 aliphatic heterocycles. The predicted octanol–water partition coefficient (Wildman–Crippen LogP) is 2.94. The van der Waals surface area contributed by atoms with E-state index in [4.69, 9.17) is 27.9 Å². The number of fused-ring (bicyclic) bond motifs is 1. The molecule has 0 bridgehead atoms. The summed E-state index contributed by atoms with van der Waals surface area (Å²) in [4.78, 5) is 26.6. The van der Waals surface area contributed by atoms with Crippen molar-refractivity contribution in [1.82, 2.24) is 15.0 Å². The minimum absolute atomic E-state index is 0.0770. The highest BCUT2D eigenvalue weighted by Gasteiger charge is 2.30. The molecule has 0 aromatic carbocycles. The Labute approximate surface area is 140 Å². The van der Waals surface area contributed by atoms with Crippen molar-refractivity contribution < 1.29 is 9.53 Å². The number of rotatable bonds is 2. The highest BCUT2D eigenvalue weighted by Crippen LogP contribution is 2.31. The second-order valence-corrected chi connectivity index (χ2v) is 5.84. The number of nitrogens with zero attached hydrogens (tertiary/aromatic N) is 4. The minimum Gasteiger partial charge on any atom is -0.475 e. The second kappa shape index (κ2) is 6.28. The maximum Gasteiger partial charge on any atom is 0.267 e. The van der Waals surface area contributed by atoms with Gasteiger partial charge in [-0.1, -0.05) is 35.0 Å². The number of aromatic nitrogens is 3. The molecule has 1 amide bonds. The van der Waals surface area contributed by atoms with Crippen LogP contribution < -0.4 is 9.64 Å². The summed E-state index contributed by atoms with van der Waals surface area (Å²) in [7, 11) is 0. The molecular weight excluding hydrogens is 347 g/mol. The van der Waals surface area contributed by atoms with Gasteiger partial charge in [-0.3, -0.25) is 4.79 Å². The van der Waals surface area contributed by atoms with E-state index in [9.17, 15) is 4.79 Å². The lowest BCUT2D eigenvalue weighted by Crippen LogP contribution is -2.32. The van der Waals surface area contributed by atoms with Gasteiger partial charge in [-0.05, 0) is 18.4 Å². The van der Waals surface area contributed by atoms with Crippen LogP contribution in [0.1, 0.15) is 10.4 Å². The van der Waals surface area contributed by atoms with Crippen LogP contribution in [-0.2, 0) is 0 Å². The molecule has 0 saturated heterocycles. The van der Waals surface area contributed by atoms with E-state index in [-0.39, 0.29) is 22.5 Å². The van der Waals surface area contributed by atoms with Gasteiger partial charge in [0.15, 0.2) is 5.16 Å². The minimum atomic E-state index is -0.325. The zero-order chi connectivity index (χ0) is 15.7. The standard InChI is InChI=1S/C13H10Cl2N4O2S/c1-22-13-17-10(15)9-11(18-13)21-5-4-19(12(9)20)7-2-3-8(14)16-6-7/h2-3,6H,4-5H2,1H3. The van der Waals surface area contributed by atoms with Crippen molar-refractivity contribution in [1.29, 1.82) is 0 Å². The number of anilines is 1. The quantitative estimate of drug-likeness (QED) is 0.356. The number of ether oxygens (including phenoxy) is 1. The molecule has 2 aromatic heterocycles. The van der Waals surface area contributed by atoms with Crippen LogP contribution in [0.2, 0.25) is 10.3 Å². The first-order valence-electron chi connectivity index (χ1n) is 6.28. The molecule has 0 atom stereocenters. The topological polar surface area (TPSA) is 68.2 Å². The molecule has 0 fully saturated rings. The SMILES string of the molecule is CSc1nc(Cl)c2c(n1)OCCN(c1ccc(Cl)nc1)C2=O. The Bertz CT molecular complexity index is 727. The fourth-order valence-electron chi connectivity index (χ4n) is 2.02. The van der Waals surface area contributed by atoms with Gasteiger partial charge < -0.3 is 9.64 Å². The molecule has 2 aromatic rings. The number of halogens is 2. The molecule has 3 heterocycles. The lowest BCUT2D eigenvalue weighted by molar-refractivity contribution is 0.0989. The smallest absolute Gasteiger partial charge is 0.267 e. The summed E-state index contributed by atoms with van der Waals surface area (Å²) in [5.74, 6) is -0.118. The first-order valence-corrected chi connectivity index (χ1v) is 8.26. The van der Waals surface area contributed by atoms with Gasteiger partial charge in [0, 0.05) is 0 Å². The molecule has 114 valence electrons. The van der Waals surface area contributed by atoms with E-state index < -0.39 is 0 Å². The van der Waals surface area contributed by atoms with Gasteiger partial charge in [0.2, 0.25) is 5.88 Å². The van der Waals surface area contributed by atoms with Crippen LogP contribution >= 0.6 is 35.0 Å². The van der Waals surface area contributed by atoms with Crippen molar-refractivity contribution in [3.63, 3.8) is 0 Å². The number of amides is 1. The van der Waals surface area contributed by atoms with E-state index in [1.807, 2.05) is 6.26 Å². The normalized spacial score (nSPS) is 14.3. The van der Waals surface area contributed by atoms with Gasteiger partial charge >= 0.3 is 0 Å². The molecule has 9 heteroatoms. The van der Waals surface area contributed by atoms with Gasteiger partial charge in [-0.2, -0.15) is 4.98 Å². The molecular formula is C13H10Cl2N4O2S. The van der Waals surface area contributed by atoms with Gasteiger partial charge in [-0.25, -0.2) is 9.97 Å². The summed E-state index contributed by atoms with van der Waals surface area (Å²) in [5, 5.41) is 0.889. The Kier molecular flexibility index (Phi) is 4.37. The number of hydrogen-bond donors (Lipinski definition) is 0. The number of carbonyl (C=O) groups excluding carboxylic acids is 1. The Morgan fingerprint density at radius 2 is 2.14 bits per heavy atom. The lowest BCUT2D eigenvalue weighted by atomic mass is 10.2. The van der Waals surface area contributed by atoms with Crippen LogP contribution in [0.4, 0.5) is 5.69 Å². The molecule has 6 nitrogen and oxygen atoms in total. The van der Waals surface area contributed by atoms with Crippen molar-refractivity contribution in [3.05, 3.63) is 34.2 Å². The second-order valence-electron chi connectivity index (χ2n) is 4.33. The van der Waals surface area contributed by atoms with Crippen LogP contribution in [0.25, 0.3) is 0 Å². The van der Waals surface area contributed by atoms with Gasteiger partial charge in [-0.15, -0.1) is 0 Å².